The number of hydrogen-bond donors (Lipinski definition) is 1. The molecule has 1 aromatic carbocycles. The summed E-state index contributed by atoms with van der Waals surface area (Å²) in [4.78, 5) is 23.2. The minimum absolute atomic E-state index is 0.0365. The summed E-state index contributed by atoms with van der Waals surface area (Å²) in [7, 11) is 0. The maximum Gasteiger partial charge on any atom is 0.275 e. The van der Waals surface area contributed by atoms with Crippen molar-refractivity contribution < 1.29 is 9.32 Å². The molecule has 0 radical (unpaired) electrons. The Morgan fingerprint density at radius 3 is 2.96 bits per heavy atom. The first-order chi connectivity index (χ1) is 13.8. The molecule has 3 aromatic heterocycles. The van der Waals surface area contributed by atoms with Gasteiger partial charge in [0.25, 0.3) is 11.8 Å². The molecule has 5 rings (SSSR count). The second kappa shape index (κ2) is 6.88. The van der Waals surface area contributed by atoms with Gasteiger partial charge in [-0.15, -0.1) is 0 Å². The largest absolute Gasteiger partial charge is 0.337 e. The van der Waals surface area contributed by atoms with Crippen molar-refractivity contribution in [2.45, 2.75) is 12.8 Å². The Bertz CT molecular complexity index is 1120. The summed E-state index contributed by atoms with van der Waals surface area (Å²) >= 11 is 0. The molecule has 4 aromatic rings. The highest BCUT2D eigenvalue weighted by atomic mass is 16.5. The number of aromatic amines is 1. The van der Waals surface area contributed by atoms with Gasteiger partial charge in [0.2, 0.25) is 0 Å². The van der Waals surface area contributed by atoms with Crippen molar-refractivity contribution in [3.63, 3.8) is 0 Å². The van der Waals surface area contributed by atoms with Gasteiger partial charge in [0.1, 0.15) is 0 Å². The monoisotopic (exact) mass is 374 g/mol. The van der Waals surface area contributed by atoms with E-state index in [-0.39, 0.29) is 5.91 Å². The van der Waals surface area contributed by atoms with Crippen molar-refractivity contribution in [1.29, 1.82) is 0 Å². The van der Waals surface area contributed by atoms with E-state index in [9.17, 15) is 4.79 Å². The van der Waals surface area contributed by atoms with Gasteiger partial charge in [-0.05, 0) is 30.5 Å². The third-order valence-corrected chi connectivity index (χ3v) is 5.11. The summed E-state index contributed by atoms with van der Waals surface area (Å²) in [5.41, 5.74) is 2.20. The van der Waals surface area contributed by atoms with E-state index in [1.54, 1.807) is 12.4 Å². The van der Waals surface area contributed by atoms with E-state index >= 15 is 0 Å². The summed E-state index contributed by atoms with van der Waals surface area (Å²) in [6.45, 7) is 1.37. The molecular formula is C20H18N6O2. The van der Waals surface area contributed by atoms with Crippen LogP contribution in [0.15, 0.2) is 53.3 Å². The third kappa shape index (κ3) is 3.02. The number of rotatable bonds is 4. The van der Waals surface area contributed by atoms with Crippen LogP contribution >= 0.6 is 0 Å². The van der Waals surface area contributed by atoms with E-state index in [1.807, 2.05) is 41.3 Å². The van der Waals surface area contributed by atoms with Crippen molar-refractivity contribution in [3.05, 3.63) is 60.3 Å². The molecule has 140 valence electrons. The third-order valence-electron chi connectivity index (χ3n) is 5.11. The molecule has 1 aliphatic heterocycles. The van der Waals surface area contributed by atoms with Crippen LogP contribution in [0.2, 0.25) is 0 Å². The van der Waals surface area contributed by atoms with Crippen LogP contribution < -0.4 is 0 Å². The molecule has 28 heavy (non-hydrogen) atoms. The Labute approximate surface area is 160 Å². The summed E-state index contributed by atoms with van der Waals surface area (Å²) in [5.74, 6) is 1.42. The highest BCUT2D eigenvalue weighted by Crippen LogP contribution is 2.24. The molecule has 0 spiro atoms. The zero-order chi connectivity index (χ0) is 18.9. The van der Waals surface area contributed by atoms with E-state index in [2.05, 4.69) is 25.3 Å². The number of nitrogens with zero attached hydrogens (tertiary/aromatic N) is 5. The first-order valence-electron chi connectivity index (χ1n) is 9.23. The number of pyridine rings is 1. The number of H-pyrrole nitrogens is 1. The van der Waals surface area contributed by atoms with E-state index in [0.29, 0.717) is 42.8 Å². The number of fused-ring (bicyclic) bond motifs is 1. The second-order valence-electron chi connectivity index (χ2n) is 6.98. The Hall–Kier alpha value is -3.55. The Kier molecular flexibility index (Phi) is 4.08. The molecule has 8 heteroatoms. The second-order valence-corrected chi connectivity index (χ2v) is 6.98. The molecular weight excluding hydrogens is 356 g/mol. The van der Waals surface area contributed by atoms with Gasteiger partial charge in [-0.3, -0.25) is 14.9 Å². The SMILES string of the molecule is O=C(c1n[nH]c2ccccc12)N1CCC(Cc2noc(-c3ccncc3)n2)C1. The fraction of sp³-hybridized carbons (Fsp3) is 0.250. The topological polar surface area (TPSA) is 101 Å². The van der Waals surface area contributed by atoms with Crippen LogP contribution in [0.5, 0.6) is 0 Å². The average molecular weight is 374 g/mol. The highest BCUT2D eigenvalue weighted by Gasteiger charge is 2.30. The van der Waals surface area contributed by atoms with E-state index in [1.165, 1.54) is 0 Å². The molecule has 4 heterocycles. The van der Waals surface area contributed by atoms with Gasteiger partial charge in [-0.1, -0.05) is 23.4 Å². The summed E-state index contributed by atoms with van der Waals surface area (Å²) in [6.07, 6.45) is 4.98. The molecule has 1 aliphatic rings. The summed E-state index contributed by atoms with van der Waals surface area (Å²) < 4.78 is 5.36. The normalized spacial score (nSPS) is 16.7. The lowest BCUT2D eigenvalue weighted by atomic mass is 10.1. The van der Waals surface area contributed by atoms with Crippen LogP contribution in [0.1, 0.15) is 22.7 Å². The van der Waals surface area contributed by atoms with Crippen molar-refractivity contribution in [3.8, 4) is 11.5 Å². The van der Waals surface area contributed by atoms with Gasteiger partial charge >= 0.3 is 0 Å². The number of amides is 1. The average Bonchev–Trinajstić information content (AvgIpc) is 3.48. The van der Waals surface area contributed by atoms with E-state index in [4.69, 9.17) is 4.52 Å². The number of carbonyl (C=O) groups excluding carboxylic acids is 1. The number of nitrogens with one attached hydrogen (secondary N) is 1. The van der Waals surface area contributed by atoms with Gasteiger partial charge in [-0.25, -0.2) is 0 Å². The predicted molar refractivity (Wildman–Crippen MR) is 101 cm³/mol. The lowest BCUT2D eigenvalue weighted by Gasteiger charge is -2.14. The fourth-order valence-corrected chi connectivity index (χ4v) is 3.67. The fourth-order valence-electron chi connectivity index (χ4n) is 3.67. The molecule has 8 nitrogen and oxygen atoms in total. The molecule has 1 N–H and O–H groups in total. The zero-order valence-corrected chi connectivity index (χ0v) is 15.1. The van der Waals surface area contributed by atoms with Gasteiger partial charge in [0, 0.05) is 42.9 Å². The first kappa shape index (κ1) is 16.6. The van der Waals surface area contributed by atoms with Crippen LogP contribution in [0.4, 0.5) is 0 Å². The number of para-hydroxylation sites is 1. The van der Waals surface area contributed by atoms with Crippen molar-refractivity contribution in [1.82, 2.24) is 30.2 Å². The van der Waals surface area contributed by atoms with Crippen LogP contribution in [0.25, 0.3) is 22.4 Å². The summed E-state index contributed by atoms with van der Waals surface area (Å²) in [6, 6.07) is 11.3. The van der Waals surface area contributed by atoms with Gasteiger partial charge in [0.15, 0.2) is 11.5 Å². The minimum atomic E-state index is -0.0365. The standard InChI is InChI=1S/C20H18N6O2/c27-20(18-15-3-1-2-4-16(15)23-24-18)26-10-7-13(12-26)11-17-22-19(28-25-17)14-5-8-21-9-6-14/h1-6,8-9,13H,7,10-12H2,(H,23,24). The Balaban J connectivity index is 1.26. The quantitative estimate of drug-likeness (QED) is 0.589. The zero-order valence-electron chi connectivity index (χ0n) is 15.1. The molecule has 1 saturated heterocycles. The lowest BCUT2D eigenvalue weighted by molar-refractivity contribution is 0.0783. The van der Waals surface area contributed by atoms with Crippen LogP contribution in [-0.2, 0) is 6.42 Å². The molecule has 1 atom stereocenters. The molecule has 0 bridgehead atoms. The number of likely N-dealkylation sites (tertiary alicyclic amines) is 1. The number of aromatic nitrogens is 5. The number of benzene rings is 1. The molecule has 1 amide bonds. The maximum absolute atomic E-state index is 12.9. The minimum Gasteiger partial charge on any atom is -0.337 e. The molecule has 1 unspecified atom stereocenters. The van der Waals surface area contributed by atoms with Gasteiger partial charge in [0.05, 0.1) is 5.52 Å². The Morgan fingerprint density at radius 1 is 1.21 bits per heavy atom. The highest BCUT2D eigenvalue weighted by molar-refractivity contribution is 6.04. The van der Waals surface area contributed by atoms with Gasteiger partial charge < -0.3 is 9.42 Å². The maximum atomic E-state index is 12.9. The molecule has 0 saturated carbocycles. The molecule has 1 fully saturated rings. The first-order valence-corrected chi connectivity index (χ1v) is 9.23. The lowest BCUT2D eigenvalue weighted by Crippen LogP contribution is -2.29. The van der Waals surface area contributed by atoms with Gasteiger partial charge in [-0.2, -0.15) is 10.1 Å². The number of carbonyl (C=O) groups is 1. The van der Waals surface area contributed by atoms with Crippen molar-refractivity contribution in [2.24, 2.45) is 5.92 Å². The summed E-state index contributed by atoms with van der Waals surface area (Å²) in [5, 5.41) is 12.1. The van der Waals surface area contributed by atoms with Crippen LogP contribution in [0, 0.1) is 5.92 Å². The van der Waals surface area contributed by atoms with E-state index < -0.39 is 0 Å². The van der Waals surface area contributed by atoms with Crippen LogP contribution in [-0.4, -0.2) is 49.2 Å². The van der Waals surface area contributed by atoms with Crippen molar-refractivity contribution in [2.75, 3.05) is 13.1 Å². The Morgan fingerprint density at radius 2 is 2.07 bits per heavy atom. The predicted octanol–water partition coefficient (Wildman–Crippen LogP) is 2.71. The van der Waals surface area contributed by atoms with Crippen LogP contribution in [0.3, 0.4) is 0 Å². The number of hydrogen-bond acceptors (Lipinski definition) is 6. The molecule has 0 aliphatic carbocycles. The van der Waals surface area contributed by atoms with Crippen molar-refractivity contribution >= 4 is 16.8 Å². The smallest absolute Gasteiger partial charge is 0.275 e. The van der Waals surface area contributed by atoms with E-state index in [0.717, 1.165) is 22.9 Å².